The summed E-state index contributed by atoms with van der Waals surface area (Å²) >= 11 is 0. The number of ether oxygens (including phenoxy) is 1. The van der Waals surface area contributed by atoms with Gasteiger partial charge in [0, 0.05) is 49.7 Å². The molecule has 0 bridgehead atoms. The van der Waals surface area contributed by atoms with E-state index in [0.717, 1.165) is 53.8 Å². The van der Waals surface area contributed by atoms with Crippen LogP contribution in [0.1, 0.15) is 43.5 Å². The molecule has 5 rings (SSSR count). The van der Waals surface area contributed by atoms with Crippen LogP contribution in [0, 0.1) is 0 Å². The van der Waals surface area contributed by atoms with Gasteiger partial charge in [-0.05, 0) is 61.6 Å². The highest BCUT2D eigenvalue weighted by atomic mass is 16.6. The van der Waals surface area contributed by atoms with Gasteiger partial charge in [0.05, 0.1) is 6.61 Å². The van der Waals surface area contributed by atoms with Crippen molar-refractivity contribution < 1.29 is 14.6 Å². The molecule has 0 spiro atoms. The van der Waals surface area contributed by atoms with Crippen molar-refractivity contribution in [2.24, 2.45) is 5.73 Å². The van der Waals surface area contributed by atoms with E-state index in [1.54, 1.807) is 9.42 Å². The number of nitrogens with two attached hydrogens (primary N) is 1. The predicted octanol–water partition coefficient (Wildman–Crippen LogP) is 3.13. The van der Waals surface area contributed by atoms with Crippen LogP contribution in [0.3, 0.4) is 0 Å². The Kier molecular flexibility index (Phi) is 7.17. The van der Waals surface area contributed by atoms with E-state index in [0.29, 0.717) is 32.2 Å². The number of carbonyl (C=O) groups excluding carboxylic acids is 1. The van der Waals surface area contributed by atoms with Crippen molar-refractivity contribution in [2.45, 2.75) is 38.5 Å². The summed E-state index contributed by atoms with van der Waals surface area (Å²) in [4.78, 5) is 20.5. The first-order valence-corrected chi connectivity index (χ1v) is 12.5. The van der Waals surface area contributed by atoms with Gasteiger partial charge in [-0.3, -0.25) is 4.90 Å². The first-order chi connectivity index (χ1) is 17.6. The van der Waals surface area contributed by atoms with Gasteiger partial charge in [0.2, 0.25) is 5.95 Å². The maximum absolute atomic E-state index is 12.0. The van der Waals surface area contributed by atoms with Gasteiger partial charge >= 0.3 is 6.09 Å². The van der Waals surface area contributed by atoms with Crippen molar-refractivity contribution in [1.29, 1.82) is 0 Å². The van der Waals surface area contributed by atoms with Crippen LogP contribution in [-0.2, 0) is 4.74 Å². The predicted molar refractivity (Wildman–Crippen MR) is 138 cm³/mol. The molecule has 0 aliphatic carbocycles. The summed E-state index contributed by atoms with van der Waals surface area (Å²) < 4.78 is 6.87. The molecule has 3 aromatic rings. The smallest absolute Gasteiger partial charge is 0.410 e. The number of aromatic nitrogens is 3. The number of nitrogens with one attached hydrogen (secondary N) is 1. The third-order valence-corrected chi connectivity index (χ3v) is 6.92. The van der Waals surface area contributed by atoms with Crippen molar-refractivity contribution >= 4 is 28.9 Å². The van der Waals surface area contributed by atoms with E-state index < -0.39 is 6.23 Å². The number of likely N-dealkylation sites (tertiary alicyclic amines) is 1. The number of benzene rings is 1. The van der Waals surface area contributed by atoms with E-state index in [1.807, 2.05) is 49.5 Å². The Morgan fingerprint density at radius 1 is 1.28 bits per heavy atom. The molecule has 2 aliphatic heterocycles. The SMILES string of the molecule is CCOC(=O)N1CC=C(c2cccn3nc(Nc4ccc(C(O)N5CCCC5CN)cc4)nc23)CC1. The standard InChI is InChI=1S/C26H33N7O3/c1-2-36-26(35)31-15-11-18(12-16-31)22-6-4-14-33-23(22)29-25(30-33)28-20-9-7-19(8-10-20)24(34)32-13-3-5-21(32)17-27/h4,6-11,14,21,24,34H,2-3,5,12-13,15-17,27H2,1H3,(H,28,30). The van der Waals surface area contributed by atoms with Crippen LogP contribution in [0.5, 0.6) is 0 Å². The van der Waals surface area contributed by atoms with Gasteiger partial charge in [-0.1, -0.05) is 18.2 Å². The minimum absolute atomic E-state index is 0.224. The molecule has 1 saturated heterocycles. The monoisotopic (exact) mass is 491 g/mol. The lowest BCUT2D eigenvalue weighted by atomic mass is 10.0. The molecule has 0 saturated carbocycles. The number of hydrogen-bond donors (Lipinski definition) is 3. The fourth-order valence-electron chi connectivity index (χ4n) is 5.00. The number of rotatable bonds is 7. The van der Waals surface area contributed by atoms with Gasteiger partial charge in [-0.2, -0.15) is 4.98 Å². The summed E-state index contributed by atoms with van der Waals surface area (Å²) in [5.74, 6) is 0.489. The van der Waals surface area contributed by atoms with Crippen LogP contribution in [0.2, 0.25) is 0 Å². The molecular formula is C26H33N7O3. The van der Waals surface area contributed by atoms with E-state index in [2.05, 4.69) is 21.4 Å². The molecule has 0 radical (unpaired) electrons. The van der Waals surface area contributed by atoms with Gasteiger partial charge in [0.1, 0.15) is 6.23 Å². The summed E-state index contributed by atoms with van der Waals surface area (Å²) in [7, 11) is 0. The number of fused-ring (bicyclic) bond motifs is 1. The first-order valence-electron chi connectivity index (χ1n) is 12.5. The van der Waals surface area contributed by atoms with E-state index in [9.17, 15) is 9.90 Å². The highest BCUT2D eigenvalue weighted by molar-refractivity contribution is 5.79. The molecule has 4 N–H and O–H groups in total. The van der Waals surface area contributed by atoms with Crippen molar-refractivity contribution in [2.75, 3.05) is 38.1 Å². The third-order valence-electron chi connectivity index (χ3n) is 6.92. The van der Waals surface area contributed by atoms with Crippen molar-refractivity contribution in [3.8, 4) is 0 Å². The molecule has 10 nitrogen and oxygen atoms in total. The van der Waals surface area contributed by atoms with Gasteiger partial charge in [0.15, 0.2) is 5.65 Å². The zero-order valence-corrected chi connectivity index (χ0v) is 20.5. The number of aliphatic hydroxyl groups excluding tert-OH is 1. The van der Waals surface area contributed by atoms with E-state index in [1.165, 1.54) is 0 Å². The molecule has 1 fully saturated rings. The Balaban J connectivity index is 1.29. The van der Waals surface area contributed by atoms with E-state index in [4.69, 9.17) is 15.5 Å². The van der Waals surface area contributed by atoms with Gasteiger partial charge in [-0.15, -0.1) is 5.10 Å². The summed E-state index contributed by atoms with van der Waals surface area (Å²) in [6.07, 6.45) is 5.79. The summed E-state index contributed by atoms with van der Waals surface area (Å²) in [6, 6.07) is 11.9. The van der Waals surface area contributed by atoms with Gasteiger partial charge in [0.25, 0.3) is 0 Å². The summed E-state index contributed by atoms with van der Waals surface area (Å²) in [5, 5.41) is 18.7. The number of amides is 1. The van der Waals surface area contributed by atoms with Crippen LogP contribution in [0.4, 0.5) is 16.4 Å². The van der Waals surface area contributed by atoms with Crippen LogP contribution < -0.4 is 11.1 Å². The maximum atomic E-state index is 12.0. The van der Waals surface area contributed by atoms with Crippen molar-refractivity contribution in [3.05, 3.63) is 59.8 Å². The molecule has 4 heterocycles. The first kappa shape index (κ1) is 24.2. The molecule has 1 aromatic carbocycles. The second kappa shape index (κ2) is 10.7. The number of carbonyl (C=O) groups is 1. The molecule has 2 aromatic heterocycles. The lowest BCUT2D eigenvalue weighted by Crippen LogP contribution is -2.38. The van der Waals surface area contributed by atoms with Crippen LogP contribution in [-0.4, -0.2) is 74.4 Å². The summed E-state index contributed by atoms with van der Waals surface area (Å²) in [5.41, 5.74) is 10.4. The van der Waals surface area contributed by atoms with Crippen LogP contribution in [0.25, 0.3) is 11.2 Å². The minimum atomic E-state index is -0.658. The van der Waals surface area contributed by atoms with E-state index in [-0.39, 0.29) is 12.1 Å². The number of pyridine rings is 1. The number of nitrogens with zero attached hydrogens (tertiary/aromatic N) is 5. The minimum Gasteiger partial charge on any atom is -0.450 e. The maximum Gasteiger partial charge on any atom is 0.410 e. The average molecular weight is 492 g/mol. The van der Waals surface area contributed by atoms with E-state index >= 15 is 0 Å². The topological polar surface area (TPSA) is 121 Å². The average Bonchev–Trinajstić information content (AvgIpc) is 3.55. The number of hydrogen-bond acceptors (Lipinski definition) is 8. The molecule has 1 amide bonds. The lowest BCUT2D eigenvalue weighted by molar-refractivity contribution is -0.00499. The third kappa shape index (κ3) is 4.92. The molecular weight excluding hydrogens is 458 g/mol. The van der Waals surface area contributed by atoms with Crippen LogP contribution in [0.15, 0.2) is 48.7 Å². The largest absolute Gasteiger partial charge is 0.450 e. The zero-order chi connectivity index (χ0) is 25.1. The molecule has 190 valence electrons. The normalized spacial score (nSPS) is 19.4. The van der Waals surface area contributed by atoms with Crippen LogP contribution >= 0.6 is 0 Å². The Morgan fingerprint density at radius 3 is 2.83 bits per heavy atom. The highest BCUT2D eigenvalue weighted by Crippen LogP contribution is 2.29. The second-order valence-corrected chi connectivity index (χ2v) is 9.14. The molecule has 2 atom stereocenters. The Morgan fingerprint density at radius 2 is 2.11 bits per heavy atom. The van der Waals surface area contributed by atoms with Gasteiger partial charge in [-0.25, -0.2) is 9.31 Å². The fraction of sp³-hybridized carbons (Fsp3) is 0.423. The molecule has 36 heavy (non-hydrogen) atoms. The second-order valence-electron chi connectivity index (χ2n) is 9.14. The Hall–Kier alpha value is -3.47. The number of aliphatic hydroxyl groups is 1. The zero-order valence-electron chi connectivity index (χ0n) is 20.5. The van der Waals surface area contributed by atoms with Crippen molar-refractivity contribution in [3.63, 3.8) is 0 Å². The fourth-order valence-corrected chi connectivity index (χ4v) is 5.00. The molecule has 2 aliphatic rings. The lowest BCUT2D eigenvalue weighted by Gasteiger charge is -2.29. The summed E-state index contributed by atoms with van der Waals surface area (Å²) in [6.45, 7) is 4.71. The Bertz CT molecular complexity index is 1240. The quantitative estimate of drug-likeness (QED) is 0.461. The molecule has 2 unspecified atom stereocenters. The van der Waals surface area contributed by atoms with Crippen molar-refractivity contribution in [1.82, 2.24) is 24.4 Å². The highest BCUT2D eigenvalue weighted by Gasteiger charge is 2.29. The Labute approximate surface area is 210 Å². The number of anilines is 2. The van der Waals surface area contributed by atoms with Gasteiger partial charge < -0.3 is 25.8 Å². The molecule has 10 heteroatoms.